The predicted octanol–water partition coefficient (Wildman–Crippen LogP) is 1.98. The maximum absolute atomic E-state index is 11.8. The number of rotatable bonds is 12. The molecule has 0 aromatic heterocycles. The Hall–Kier alpha value is -0.940. The van der Waals surface area contributed by atoms with Gasteiger partial charge in [0.2, 0.25) is 0 Å². The number of carbonyl (C=O) groups is 2. The summed E-state index contributed by atoms with van der Waals surface area (Å²) in [5.41, 5.74) is -1.95. The van der Waals surface area contributed by atoms with Crippen molar-refractivity contribution in [3.8, 4) is 0 Å². The summed E-state index contributed by atoms with van der Waals surface area (Å²) in [6, 6.07) is 0. The molecule has 0 saturated heterocycles. The summed E-state index contributed by atoms with van der Waals surface area (Å²) in [6.07, 6.45) is 5.68. The Labute approximate surface area is 121 Å². The van der Waals surface area contributed by atoms with E-state index in [1.165, 1.54) is 0 Å². The highest BCUT2D eigenvalue weighted by atomic mass is 16.5. The van der Waals surface area contributed by atoms with Crippen LogP contribution in [0, 0.1) is 0 Å². The van der Waals surface area contributed by atoms with Gasteiger partial charge in [0.05, 0.1) is 6.61 Å². The molecule has 20 heavy (non-hydrogen) atoms. The SMILES string of the molecule is CCCCCC(=O)OCC(O)(CO)C(=O)CCCCC. The molecule has 0 aromatic carbocycles. The Morgan fingerprint density at radius 3 is 2.05 bits per heavy atom. The van der Waals surface area contributed by atoms with Crippen molar-refractivity contribution in [2.75, 3.05) is 13.2 Å². The molecular weight excluding hydrogens is 260 g/mol. The van der Waals surface area contributed by atoms with Crippen molar-refractivity contribution < 1.29 is 24.5 Å². The molecular formula is C15H28O5. The zero-order valence-electron chi connectivity index (χ0n) is 12.7. The first-order valence-corrected chi connectivity index (χ1v) is 7.52. The van der Waals surface area contributed by atoms with Gasteiger partial charge in [0.15, 0.2) is 11.4 Å². The van der Waals surface area contributed by atoms with E-state index < -0.39 is 30.6 Å². The molecule has 5 heteroatoms. The van der Waals surface area contributed by atoms with Crippen molar-refractivity contribution in [3.63, 3.8) is 0 Å². The second-order valence-electron chi connectivity index (χ2n) is 5.19. The predicted molar refractivity (Wildman–Crippen MR) is 76.3 cm³/mol. The van der Waals surface area contributed by atoms with Crippen LogP contribution in [0.4, 0.5) is 0 Å². The number of hydrogen-bond acceptors (Lipinski definition) is 5. The summed E-state index contributed by atoms with van der Waals surface area (Å²) in [5.74, 6) is -0.901. The lowest BCUT2D eigenvalue weighted by atomic mass is 9.96. The van der Waals surface area contributed by atoms with Gasteiger partial charge in [-0.05, 0) is 12.8 Å². The molecule has 0 bridgehead atoms. The van der Waals surface area contributed by atoms with Gasteiger partial charge in [0, 0.05) is 12.8 Å². The molecule has 1 atom stereocenters. The lowest BCUT2D eigenvalue weighted by Crippen LogP contribution is -2.47. The molecule has 5 nitrogen and oxygen atoms in total. The molecule has 0 amide bonds. The number of esters is 1. The zero-order valence-corrected chi connectivity index (χ0v) is 12.7. The van der Waals surface area contributed by atoms with Crippen LogP contribution in [0.5, 0.6) is 0 Å². The van der Waals surface area contributed by atoms with Crippen molar-refractivity contribution >= 4 is 11.8 Å². The highest BCUT2D eigenvalue weighted by Gasteiger charge is 2.36. The molecule has 0 aliphatic heterocycles. The first kappa shape index (κ1) is 19.1. The summed E-state index contributed by atoms with van der Waals surface area (Å²) in [4.78, 5) is 23.3. The van der Waals surface area contributed by atoms with E-state index in [0.717, 1.165) is 32.1 Å². The van der Waals surface area contributed by atoms with Crippen LogP contribution in [0.1, 0.15) is 65.2 Å². The minimum absolute atomic E-state index is 0.193. The van der Waals surface area contributed by atoms with Gasteiger partial charge in [-0.2, -0.15) is 0 Å². The minimum atomic E-state index is -1.95. The van der Waals surface area contributed by atoms with Gasteiger partial charge in [-0.15, -0.1) is 0 Å². The van der Waals surface area contributed by atoms with E-state index in [1.807, 2.05) is 13.8 Å². The Kier molecular flexibility index (Phi) is 10.3. The maximum Gasteiger partial charge on any atom is 0.305 e. The number of ether oxygens (including phenoxy) is 1. The summed E-state index contributed by atoms with van der Waals surface area (Å²) < 4.78 is 4.90. The summed E-state index contributed by atoms with van der Waals surface area (Å²) in [7, 11) is 0. The van der Waals surface area contributed by atoms with Crippen molar-refractivity contribution in [2.45, 2.75) is 70.8 Å². The summed E-state index contributed by atoms with van der Waals surface area (Å²) in [6.45, 7) is 2.87. The minimum Gasteiger partial charge on any atom is -0.462 e. The average Bonchev–Trinajstić information content (AvgIpc) is 2.45. The highest BCUT2D eigenvalue weighted by molar-refractivity contribution is 5.87. The van der Waals surface area contributed by atoms with Crippen LogP contribution in [0.3, 0.4) is 0 Å². The van der Waals surface area contributed by atoms with Crippen molar-refractivity contribution in [2.24, 2.45) is 0 Å². The number of ketones is 1. The summed E-state index contributed by atoms with van der Waals surface area (Å²) >= 11 is 0. The fourth-order valence-electron chi connectivity index (χ4n) is 1.77. The number of hydrogen-bond donors (Lipinski definition) is 2. The molecule has 1 unspecified atom stereocenters. The number of carbonyl (C=O) groups excluding carboxylic acids is 2. The lowest BCUT2D eigenvalue weighted by molar-refractivity contribution is -0.161. The second-order valence-corrected chi connectivity index (χ2v) is 5.19. The monoisotopic (exact) mass is 288 g/mol. The number of aliphatic hydroxyl groups is 2. The Balaban J connectivity index is 4.15. The molecule has 0 aliphatic carbocycles. The fraction of sp³-hybridized carbons (Fsp3) is 0.867. The lowest BCUT2D eigenvalue weighted by Gasteiger charge is -2.23. The zero-order chi connectivity index (χ0) is 15.4. The van der Waals surface area contributed by atoms with E-state index in [2.05, 4.69) is 0 Å². The van der Waals surface area contributed by atoms with Crippen LogP contribution in [0.2, 0.25) is 0 Å². The Morgan fingerprint density at radius 2 is 1.55 bits per heavy atom. The number of Topliss-reactive ketones (excluding diaryl/α,β-unsaturated/α-hetero) is 1. The third kappa shape index (κ3) is 7.60. The van der Waals surface area contributed by atoms with Crippen molar-refractivity contribution in [3.05, 3.63) is 0 Å². The molecule has 2 N–H and O–H groups in total. The van der Waals surface area contributed by atoms with Gasteiger partial charge in [0.25, 0.3) is 0 Å². The van der Waals surface area contributed by atoms with Crippen LogP contribution in [-0.2, 0) is 14.3 Å². The van der Waals surface area contributed by atoms with E-state index in [4.69, 9.17) is 4.74 Å². The molecule has 0 fully saturated rings. The molecule has 0 spiro atoms. The van der Waals surface area contributed by atoms with Crippen LogP contribution in [0.15, 0.2) is 0 Å². The normalized spacial score (nSPS) is 13.8. The standard InChI is InChI=1S/C15H28O5/c1-3-5-7-9-13(17)15(19,11-16)12-20-14(18)10-8-6-4-2/h16,19H,3-12H2,1-2H3. The van der Waals surface area contributed by atoms with E-state index in [0.29, 0.717) is 6.42 Å². The van der Waals surface area contributed by atoms with E-state index in [-0.39, 0.29) is 12.8 Å². The van der Waals surface area contributed by atoms with E-state index >= 15 is 0 Å². The Morgan fingerprint density at radius 1 is 1.00 bits per heavy atom. The largest absolute Gasteiger partial charge is 0.462 e. The van der Waals surface area contributed by atoms with Crippen LogP contribution < -0.4 is 0 Å². The number of unbranched alkanes of at least 4 members (excludes halogenated alkanes) is 4. The molecule has 0 aromatic rings. The molecule has 0 rings (SSSR count). The number of aliphatic hydroxyl groups excluding tert-OH is 1. The van der Waals surface area contributed by atoms with Gasteiger partial charge < -0.3 is 14.9 Å². The first-order valence-electron chi connectivity index (χ1n) is 7.52. The van der Waals surface area contributed by atoms with Crippen LogP contribution in [-0.4, -0.2) is 40.8 Å². The molecule has 0 aliphatic rings. The topological polar surface area (TPSA) is 83.8 Å². The smallest absolute Gasteiger partial charge is 0.305 e. The summed E-state index contributed by atoms with van der Waals surface area (Å²) in [5, 5.41) is 19.2. The fourth-order valence-corrected chi connectivity index (χ4v) is 1.77. The van der Waals surface area contributed by atoms with Gasteiger partial charge in [0.1, 0.15) is 6.61 Å². The average molecular weight is 288 g/mol. The van der Waals surface area contributed by atoms with Gasteiger partial charge in [-0.1, -0.05) is 39.5 Å². The van der Waals surface area contributed by atoms with Crippen molar-refractivity contribution in [1.82, 2.24) is 0 Å². The third-order valence-electron chi connectivity index (χ3n) is 3.24. The molecule has 0 saturated carbocycles. The van der Waals surface area contributed by atoms with Crippen LogP contribution in [0.25, 0.3) is 0 Å². The second kappa shape index (κ2) is 10.8. The van der Waals surface area contributed by atoms with Gasteiger partial charge in [-0.25, -0.2) is 0 Å². The first-order chi connectivity index (χ1) is 9.50. The maximum atomic E-state index is 11.8. The van der Waals surface area contributed by atoms with E-state index in [9.17, 15) is 19.8 Å². The molecule has 0 heterocycles. The highest BCUT2D eigenvalue weighted by Crippen LogP contribution is 2.13. The van der Waals surface area contributed by atoms with E-state index in [1.54, 1.807) is 0 Å². The third-order valence-corrected chi connectivity index (χ3v) is 3.24. The molecule has 0 radical (unpaired) electrons. The Bertz CT molecular complexity index is 290. The quantitative estimate of drug-likeness (QED) is 0.424. The van der Waals surface area contributed by atoms with Gasteiger partial charge >= 0.3 is 5.97 Å². The van der Waals surface area contributed by atoms with Crippen LogP contribution >= 0.6 is 0 Å². The molecule has 118 valence electrons. The van der Waals surface area contributed by atoms with Gasteiger partial charge in [-0.3, -0.25) is 9.59 Å². The van der Waals surface area contributed by atoms with Crippen molar-refractivity contribution in [1.29, 1.82) is 0 Å².